The summed E-state index contributed by atoms with van der Waals surface area (Å²) in [5.74, 6) is 0.435. The summed E-state index contributed by atoms with van der Waals surface area (Å²) in [6, 6.07) is 3.47. The zero-order chi connectivity index (χ0) is 13.7. The summed E-state index contributed by atoms with van der Waals surface area (Å²) in [5.41, 5.74) is 8.71. The normalized spacial score (nSPS) is 11.5. The molecule has 0 saturated heterocycles. The lowest BCUT2D eigenvalue weighted by Gasteiger charge is -2.09. The average molecular weight is 278 g/mol. The van der Waals surface area contributed by atoms with E-state index in [-0.39, 0.29) is 5.84 Å². The number of aryl methyl sites for hydroxylation is 1. The van der Waals surface area contributed by atoms with Gasteiger partial charge in [-0.15, -0.1) is 11.3 Å². The van der Waals surface area contributed by atoms with Crippen molar-refractivity contribution in [3.8, 4) is 5.75 Å². The molecule has 6 nitrogen and oxygen atoms in total. The van der Waals surface area contributed by atoms with Crippen LogP contribution in [0.5, 0.6) is 5.75 Å². The zero-order valence-electron chi connectivity index (χ0n) is 10.4. The first-order chi connectivity index (χ1) is 9.22. The van der Waals surface area contributed by atoms with E-state index in [4.69, 9.17) is 15.7 Å². The molecule has 0 unspecified atom stereocenters. The highest BCUT2D eigenvalue weighted by Crippen LogP contribution is 2.17. The Kier molecular flexibility index (Phi) is 4.30. The van der Waals surface area contributed by atoms with Crippen LogP contribution in [0, 0.1) is 6.92 Å². The zero-order valence-corrected chi connectivity index (χ0v) is 11.2. The molecule has 0 amide bonds. The molecule has 0 spiro atoms. The van der Waals surface area contributed by atoms with Crippen LogP contribution in [0.2, 0.25) is 0 Å². The summed E-state index contributed by atoms with van der Waals surface area (Å²) >= 11 is 1.60. The Bertz CT molecular complexity index is 583. The average Bonchev–Trinajstić information content (AvgIpc) is 2.84. The molecule has 0 bridgehead atoms. The Hall–Kier alpha value is -2.15. The maximum atomic E-state index is 8.69. The largest absolute Gasteiger partial charge is 0.491 e. The highest BCUT2D eigenvalue weighted by Gasteiger charge is 2.09. The molecular formula is C12H14N4O2S. The third-order valence-corrected chi connectivity index (χ3v) is 3.55. The van der Waals surface area contributed by atoms with Crippen molar-refractivity contribution in [2.45, 2.75) is 13.3 Å². The minimum Gasteiger partial charge on any atom is -0.491 e. The summed E-state index contributed by atoms with van der Waals surface area (Å²) in [4.78, 5) is 9.40. The molecule has 2 heterocycles. The lowest BCUT2D eigenvalue weighted by molar-refractivity contribution is 0.313. The second-order valence-corrected chi connectivity index (χ2v) is 4.73. The van der Waals surface area contributed by atoms with Gasteiger partial charge in [-0.25, -0.2) is 9.97 Å². The van der Waals surface area contributed by atoms with Gasteiger partial charge in [0.05, 0.1) is 17.8 Å². The van der Waals surface area contributed by atoms with Gasteiger partial charge >= 0.3 is 0 Å². The standard InChI is InChI=1S/C12H14N4O2S/c1-8-10(19-7-15-8)4-6-18-9-3-2-5-14-11(9)12(13)16-17/h2-3,5,7,17H,4,6H2,1H3,(H2,13,16). The van der Waals surface area contributed by atoms with E-state index in [0.717, 1.165) is 12.1 Å². The molecule has 0 aliphatic rings. The van der Waals surface area contributed by atoms with Crippen LogP contribution in [0.25, 0.3) is 0 Å². The topological polar surface area (TPSA) is 93.6 Å². The highest BCUT2D eigenvalue weighted by atomic mass is 32.1. The summed E-state index contributed by atoms with van der Waals surface area (Å²) in [7, 11) is 0. The first kappa shape index (κ1) is 13.3. The molecule has 0 radical (unpaired) electrons. The van der Waals surface area contributed by atoms with Crippen LogP contribution in [-0.2, 0) is 6.42 Å². The molecule has 0 saturated carbocycles. The Morgan fingerprint density at radius 3 is 3.05 bits per heavy atom. The van der Waals surface area contributed by atoms with Crippen molar-refractivity contribution < 1.29 is 9.94 Å². The van der Waals surface area contributed by atoms with Crippen LogP contribution in [-0.4, -0.2) is 27.6 Å². The number of thiazole rings is 1. The van der Waals surface area contributed by atoms with E-state index in [2.05, 4.69) is 15.1 Å². The number of amidine groups is 1. The Balaban J connectivity index is 2.02. The van der Waals surface area contributed by atoms with Crippen LogP contribution in [0.1, 0.15) is 16.3 Å². The molecule has 2 rings (SSSR count). The molecule has 0 fully saturated rings. The summed E-state index contributed by atoms with van der Waals surface area (Å²) in [5, 5.41) is 11.6. The van der Waals surface area contributed by atoms with E-state index >= 15 is 0 Å². The molecule has 3 N–H and O–H groups in total. The van der Waals surface area contributed by atoms with Crippen molar-refractivity contribution in [2.24, 2.45) is 10.9 Å². The molecular weight excluding hydrogens is 264 g/mol. The van der Waals surface area contributed by atoms with Crippen molar-refractivity contribution in [1.29, 1.82) is 0 Å². The fourth-order valence-corrected chi connectivity index (χ4v) is 2.33. The number of oxime groups is 1. The summed E-state index contributed by atoms with van der Waals surface area (Å²) < 4.78 is 5.63. The molecule has 2 aromatic rings. The van der Waals surface area contributed by atoms with E-state index in [0.29, 0.717) is 18.1 Å². The van der Waals surface area contributed by atoms with Crippen molar-refractivity contribution >= 4 is 17.2 Å². The Morgan fingerprint density at radius 1 is 1.53 bits per heavy atom. The Morgan fingerprint density at radius 2 is 2.37 bits per heavy atom. The number of nitrogens with two attached hydrogens (primary N) is 1. The second kappa shape index (κ2) is 6.14. The van der Waals surface area contributed by atoms with Crippen molar-refractivity contribution in [3.05, 3.63) is 40.1 Å². The first-order valence-electron chi connectivity index (χ1n) is 5.67. The van der Waals surface area contributed by atoms with Gasteiger partial charge < -0.3 is 15.7 Å². The van der Waals surface area contributed by atoms with Gasteiger partial charge in [0.1, 0.15) is 5.75 Å². The number of pyridine rings is 1. The first-order valence-corrected chi connectivity index (χ1v) is 6.55. The molecule has 2 aromatic heterocycles. The van der Waals surface area contributed by atoms with Gasteiger partial charge in [-0.05, 0) is 19.1 Å². The molecule has 19 heavy (non-hydrogen) atoms. The number of nitrogens with zero attached hydrogens (tertiary/aromatic N) is 3. The molecule has 0 aliphatic carbocycles. The molecule has 100 valence electrons. The minimum absolute atomic E-state index is 0.0652. The predicted octanol–water partition coefficient (Wildman–Crippen LogP) is 1.56. The van der Waals surface area contributed by atoms with Gasteiger partial charge in [-0.2, -0.15) is 0 Å². The van der Waals surface area contributed by atoms with Gasteiger partial charge in [0.15, 0.2) is 11.5 Å². The SMILES string of the molecule is Cc1ncsc1CCOc1cccnc1/C(N)=N/O. The van der Waals surface area contributed by atoms with E-state index in [1.807, 2.05) is 12.4 Å². The predicted molar refractivity (Wildman–Crippen MR) is 72.8 cm³/mol. The highest BCUT2D eigenvalue weighted by molar-refractivity contribution is 7.09. The minimum atomic E-state index is -0.0652. The molecule has 0 aliphatic heterocycles. The van der Waals surface area contributed by atoms with Crippen molar-refractivity contribution in [3.63, 3.8) is 0 Å². The van der Waals surface area contributed by atoms with Crippen LogP contribution in [0.4, 0.5) is 0 Å². The molecule has 0 atom stereocenters. The van der Waals surface area contributed by atoms with E-state index in [1.165, 1.54) is 4.88 Å². The van der Waals surface area contributed by atoms with Gasteiger partial charge in [0.2, 0.25) is 0 Å². The van der Waals surface area contributed by atoms with Gasteiger partial charge in [0, 0.05) is 17.5 Å². The van der Waals surface area contributed by atoms with Crippen molar-refractivity contribution in [1.82, 2.24) is 9.97 Å². The van der Waals surface area contributed by atoms with Crippen molar-refractivity contribution in [2.75, 3.05) is 6.61 Å². The molecule has 0 aromatic carbocycles. The maximum Gasteiger partial charge on any atom is 0.192 e. The van der Waals surface area contributed by atoms with Gasteiger partial charge in [0.25, 0.3) is 0 Å². The van der Waals surface area contributed by atoms with Gasteiger partial charge in [-0.1, -0.05) is 5.16 Å². The second-order valence-electron chi connectivity index (χ2n) is 3.79. The van der Waals surface area contributed by atoms with E-state index in [1.54, 1.807) is 29.7 Å². The van der Waals surface area contributed by atoms with E-state index in [9.17, 15) is 0 Å². The van der Waals surface area contributed by atoms with Crippen LogP contribution < -0.4 is 10.5 Å². The van der Waals surface area contributed by atoms with Crippen LogP contribution in [0.15, 0.2) is 29.0 Å². The number of rotatable bonds is 5. The lowest BCUT2D eigenvalue weighted by Crippen LogP contribution is -2.17. The number of ether oxygens (including phenoxy) is 1. The van der Waals surface area contributed by atoms with Gasteiger partial charge in [-0.3, -0.25) is 0 Å². The smallest absolute Gasteiger partial charge is 0.192 e. The summed E-state index contributed by atoms with van der Waals surface area (Å²) in [6.07, 6.45) is 2.33. The van der Waals surface area contributed by atoms with Crippen LogP contribution in [0.3, 0.4) is 0 Å². The third kappa shape index (κ3) is 3.19. The number of hydrogen-bond acceptors (Lipinski definition) is 6. The fraction of sp³-hybridized carbons (Fsp3) is 0.250. The molecule has 7 heteroatoms. The third-order valence-electron chi connectivity index (χ3n) is 2.55. The number of hydrogen-bond donors (Lipinski definition) is 2. The van der Waals surface area contributed by atoms with E-state index < -0.39 is 0 Å². The monoisotopic (exact) mass is 278 g/mol. The Labute approximate surface area is 114 Å². The maximum absolute atomic E-state index is 8.69. The quantitative estimate of drug-likeness (QED) is 0.375. The fourth-order valence-electron chi connectivity index (χ4n) is 1.57. The van der Waals surface area contributed by atoms with Crippen LogP contribution >= 0.6 is 11.3 Å². The lowest BCUT2D eigenvalue weighted by atomic mass is 10.3. The summed E-state index contributed by atoms with van der Waals surface area (Å²) in [6.45, 7) is 2.46. The number of aromatic nitrogens is 2.